The Labute approximate surface area is 277 Å². The number of anilines is 4. The van der Waals surface area contributed by atoms with Gasteiger partial charge >= 0.3 is 0 Å². The number of carbonyl (C=O) groups is 3. The summed E-state index contributed by atoms with van der Waals surface area (Å²) in [7, 11) is 3.17. The van der Waals surface area contributed by atoms with Crippen LogP contribution in [0.25, 0.3) is 10.9 Å². The number of benzene rings is 2. The number of nitrogens with zero attached hydrogens (tertiary/aromatic N) is 4. The molecule has 5 rings (SSSR count). The molecule has 3 heterocycles. The largest absolute Gasteiger partial charge is 0.494 e. The number of nitrogens with one attached hydrogen (secondary N) is 4. The molecule has 47 heavy (non-hydrogen) atoms. The van der Waals surface area contributed by atoms with Gasteiger partial charge in [-0.15, -0.1) is 0 Å². The average molecular weight is 645 g/mol. The number of ether oxygens (including phenoxy) is 1. The SMILES string of the molecule is CN[C@@H](C)C(=O)N[C@H](C(=O)N(C(=O)[C@@H]1CCCN1)c1cc2c(Nc3ccc(N4CCCCC4)cc3)ncnc2cc1OC)C(C)(C)C. The molecule has 2 fully saturated rings. The van der Waals surface area contributed by atoms with E-state index in [0.717, 1.165) is 25.2 Å². The van der Waals surface area contributed by atoms with E-state index in [4.69, 9.17) is 4.74 Å². The molecule has 1 aromatic heterocycles. The fourth-order valence-electron chi connectivity index (χ4n) is 6.13. The predicted molar refractivity (Wildman–Crippen MR) is 185 cm³/mol. The van der Waals surface area contributed by atoms with Crippen LogP contribution in [0, 0.1) is 5.41 Å². The van der Waals surface area contributed by atoms with Gasteiger partial charge in [0.15, 0.2) is 0 Å². The number of likely N-dealkylation sites (N-methyl/N-ethyl adjacent to an activating group) is 1. The first-order valence-corrected chi connectivity index (χ1v) is 16.6. The van der Waals surface area contributed by atoms with Crippen LogP contribution < -0.4 is 35.8 Å². The molecule has 3 aromatic rings. The van der Waals surface area contributed by atoms with Gasteiger partial charge in [0.25, 0.3) is 11.8 Å². The van der Waals surface area contributed by atoms with Gasteiger partial charge in [0, 0.05) is 35.9 Å². The third-order valence-electron chi connectivity index (χ3n) is 9.05. The molecular weight excluding hydrogens is 596 g/mol. The van der Waals surface area contributed by atoms with Crippen molar-refractivity contribution in [2.75, 3.05) is 48.9 Å². The van der Waals surface area contributed by atoms with E-state index >= 15 is 0 Å². The lowest BCUT2D eigenvalue weighted by Gasteiger charge is -2.36. The molecular formula is C35H48N8O4. The Bertz CT molecular complexity index is 1580. The van der Waals surface area contributed by atoms with Crippen molar-refractivity contribution >= 4 is 51.5 Å². The molecule has 3 atom stereocenters. The van der Waals surface area contributed by atoms with Crippen molar-refractivity contribution in [3.8, 4) is 5.75 Å². The molecule has 0 radical (unpaired) electrons. The standard InChI is InChI=1S/C35H48N8O4/c1-22(36-5)32(44)41-30(35(2,3)4)34(46)43(33(45)26-11-10-16-37-26)28-19-25-27(20-29(28)47-6)38-21-39-31(25)40-23-12-14-24(15-13-23)42-17-8-7-9-18-42/h12-15,19-22,26,30,36-37H,7-11,16-18H2,1-6H3,(H,41,44)(H,38,39,40)/t22-,26-,30+/m0/s1. The lowest BCUT2D eigenvalue weighted by molar-refractivity contribution is -0.134. The van der Waals surface area contributed by atoms with Gasteiger partial charge in [-0.1, -0.05) is 20.8 Å². The lowest BCUT2D eigenvalue weighted by Crippen LogP contribution is -2.60. The van der Waals surface area contributed by atoms with Crippen LogP contribution in [-0.4, -0.2) is 79.6 Å². The first kappa shape index (κ1) is 34.1. The highest BCUT2D eigenvalue weighted by Gasteiger charge is 2.42. The first-order chi connectivity index (χ1) is 22.5. The molecule has 12 nitrogen and oxygen atoms in total. The van der Waals surface area contributed by atoms with Gasteiger partial charge in [-0.25, -0.2) is 14.9 Å². The first-order valence-electron chi connectivity index (χ1n) is 16.6. The third-order valence-corrected chi connectivity index (χ3v) is 9.05. The molecule has 3 amide bonds. The molecule has 0 aliphatic carbocycles. The Kier molecular flexibility index (Phi) is 10.6. The van der Waals surface area contributed by atoms with Gasteiger partial charge in [0.05, 0.1) is 30.4 Å². The minimum absolute atomic E-state index is 0.257. The second-order valence-corrected chi connectivity index (χ2v) is 13.5. The van der Waals surface area contributed by atoms with Crippen molar-refractivity contribution in [1.82, 2.24) is 25.9 Å². The highest BCUT2D eigenvalue weighted by molar-refractivity contribution is 6.20. The van der Waals surface area contributed by atoms with Crippen LogP contribution in [0.5, 0.6) is 5.75 Å². The number of aromatic nitrogens is 2. The number of piperidine rings is 1. The van der Waals surface area contributed by atoms with Crippen LogP contribution in [0.1, 0.15) is 59.8 Å². The molecule has 12 heteroatoms. The maximum absolute atomic E-state index is 14.6. The van der Waals surface area contributed by atoms with Crippen LogP contribution in [0.2, 0.25) is 0 Å². The molecule has 2 aliphatic rings. The Morgan fingerprint density at radius 1 is 1.04 bits per heavy atom. The van der Waals surface area contributed by atoms with E-state index in [0.29, 0.717) is 35.4 Å². The van der Waals surface area contributed by atoms with Crippen molar-refractivity contribution in [2.45, 2.75) is 77.9 Å². The Hall–Kier alpha value is -4.29. The van der Waals surface area contributed by atoms with Gasteiger partial charge in [-0.3, -0.25) is 14.4 Å². The second kappa shape index (κ2) is 14.6. The summed E-state index contributed by atoms with van der Waals surface area (Å²) in [6, 6.07) is 9.58. The zero-order chi connectivity index (χ0) is 33.7. The Morgan fingerprint density at radius 3 is 2.38 bits per heavy atom. The maximum atomic E-state index is 14.6. The molecule has 0 spiro atoms. The lowest BCUT2D eigenvalue weighted by atomic mass is 9.85. The van der Waals surface area contributed by atoms with Gasteiger partial charge < -0.3 is 30.9 Å². The van der Waals surface area contributed by atoms with Gasteiger partial charge in [-0.05, 0) is 88.4 Å². The topological polar surface area (TPSA) is 141 Å². The maximum Gasteiger partial charge on any atom is 0.257 e. The number of amides is 3. The zero-order valence-corrected chi connectivity index (χ0v) is 28.4. The van der Waals surface area contributed by atoms with Crippen LogP contribution in [0.3, 0.4) is 0 Å². The van der Waals surface area contributed by atoms with Crippen LogP contribution in [-0.2, 0) is 14.4 Å². The molecule has 2 aliphatic heterocycles. The van der Waals surface area contributed by atoms with Crippen LogP contribution in [0.4, 0.5) is 22.9 Å². The molecule has 0 saturated carbocycles. The minimum atomic E-state index is -1.01. The van der Waals surface area contributed by atoms with Crippen molar-refractivity contribution in [2.24, 2.45) is 5.41 Å². The van der Waals surface area contributed by atoms with E-state index in [1.165, 1.54) is 43.3 Å². The molecule has 0 bridgehead atoms. The van der Waals surface area contributed by atoms with Crippen LogP contribution in [0.15, 0.2) is 42.7 Å². The fourth-order valence-corrected chi connectivity index (χ4v) is 6.13. The number of methoxy groups -OCH3 is 1. The number of hydrogen-bond acceptors (Lipinski definition) is 10. The Balaban J connectivity index is 1.56. The van der Waals surface area contributed by atoms with E-state index in [1.807, 2.05) is 32.9 Å². The summed E-state index contributed by atoms with van der Waals surface area (Å²) in [5.41, 5.74) is 2.15. The molecule has 2 saturated heterocycles. The Morgan fingerprint density at radius 2 is 1.77 bits per heavy atom. The third kappa shape index (κ3) is 7.65. The number of fused-ring (bicyclic) bond motifs is 1. The summed E-state index contributed by atoms with van der Waals surface area (Å²) < 4.78 is 5.78. The highest BCUT2D eigenvalue weighted by Crippen LogP contribution is 2.38. The van der Waals surface area contributed by atoms with E-state index < -0.39 is 35.4 Å². The summed E-state index contributed by atoms with van der Waals surface area (Å²) in [4.78, 5) is 54.5. The predicted octanol–water partition coefficient (Wildman–Crippen LogP) is 4.12. The quantitative estimate of drug-likeness (QED) is 0.255. The molecule has 0 unspecified atom stereocenters. The van der Waals surface area contributed by atoms with Crippen LogP contribution >= 0.6 is 0 Å². The van der Waals surface area contributed by atoms with E-state index in [2.05, 4.69) is 48.3 Å². The number of hydrogen-bond donors (Lipinski definition) is 4. The van der Waals surface area contributed by atoms with E-state index in [-0.39, 0.29) is 11.6 Å². The summed E-state index contributed by atoms with van der Waals surface area (Å²) in [6.45, 7) is 10.1. The minimum Gasteiger partial charge on any atom is -0.494 e. The summed E-state index contributed by atoms with van der Waals surface area (Å²) in [5.74, 6) is -0.480. The van der Waals surface area contributed by atoms with Gasteiger partial charge in [-0.2, -0.15) is 0 Å². The zero-order valence-electron chi connectivity index (χ0n) is 28.4. The highest BCUT2D eigenvalue weighted by atomic mass is 16.5. The van der Waals surface area contributed by atoms with E-state index in [9.17, 15) is 14.4 Å². The fraction of sp³-hybridized carbons (Fsp3) is 0.514. The number of carbonyl (C=O) groups excluding carboxylic acids is 3. The van der Waals surface area contributed by atoms with Gasteiger partial charge in [0.1, 0.15) is 23.9 Å². The van der Waals surface area contributed by atoms with Crippen molar-refractivity contribution < 1.29 is 19.1 Å². The average Bonchev–Trinajstić information content (AvgIpc) is 3.62. The normalized spacial score (nSPS) is 18.0. The summed E-state index contributed by atoms with van der Waals surface area (Å²) in [6.07, 6.45) is 6.55. The van der Waals surface area contributed by atoms with Crippen molar-refractivity contribution in [3.05, 3.63) is 42.7 Å². The molecule has 2 aromatic carbocycles. The second-order valence-electron chi connectivity index (χ2n) is 13.5. The summed E-state index contributed by atoms with van der Waals surface area (Å²) in [5, 5.41) is 13.1. The monoisotopic (exact) mass is 644 g/mol. The van der Waals surface area contributed by atoms with Crippen molar-refractivity contribution in [3.63, 3.8) is 0 Å². The number of imide groups is 1. The van der Waals surface area contributed by atoms with E-state index in [1.54, 1.807) is 26.1 Å². The van der Waals surface area contributed by atoms with Gasteiger partial charge in [0.2, 0.25) is 5.91 Å². The smallest absolute Gasteiger partial charge is 0.257 e. The number of rotatable bonds is 10. The molecule has 4 N–H and O–H groups in total. The molecule has 252 valence electrons. The van der Waals surface area contributed by atoms with Crippen molar-refractivity contribution in [1.29, 1.82) is 0 Å². The summed E-state index contributed by atoms with van der Waals surface area (Å²) >= 11 is 0.